The molecule has 5 heteroatoms. The third-order valence-electron chi connectivity index (χ3n) is 2.99. The molecule has 0 aliphatic heterocycles. The molecular formula is C14H16FN3O. The number of hydrogen-bond donors (Lipinski definition) is 1. The number of halogens is 1. The maximum atomic E-state index is 13.0. The number of aromatic nitrogens is 2. The van der Waals surface area contributed by atoms with Gasteiger partial charge in [0.05, 0.1) is 0 Å². The summed E-state index contributed by atoms with van der Waals surface area (Å²) in [6.07, 6.45) is 4.25. The molecule has 1 N–H and O–H groups in total. The quantitative estimate of drug-likeness (QED) is 0.913. The highest BCUT2D eigenvalue weighted by Gasteiger charge is 2.09. The van der Waals surface area contributed by atoms with E-state index in [9.17, 15) is 9.18 Å². The lowest BCUT2D eigenvalue weighted by molar-refractivity contribution is 0.0953. The molecule has 0 atom stereocenters. The van der Waals surface area contributed by atoms with Crippen LogP contribution in [0.15, 0.2) is 30.6 Å². The van der Waals surface area contributed by atoms with Gasteiger partial charge in [0.25, 0.3) is 5.91 Å². The molecule has 0 saturated heterocycles. The van der Waals surface area contributed by atoms with Crippen LogP contribution in [0.1, 0.15) is 21.7 Å². The molecule has 0 bridgehead atoms. The normalized spacial score (nSPS) is 10.5. The molecule has 0 fully saturated rings. The first kappa shape index (κ1) is 13.3. The number of rotatable bonds is 4. The van der Waals surface area contributed by atoms with Crippen molar-refractivity contribution in [3.63, 3.8) is 0 Å². The molecular weight excluding hydrogens is 245 g/mol. The Morgan fingerprint density at radius 2 is 2.26 bits per heavy atom. The van der Waals surface area contributed by atoms with Crippen LogP contribution >= 0.6 is 0 Å². The van der Waals surface area contributed by atoms with Gasteiger partial charge in [-0.15, -0.1) is 0 Å². The molecule has 2 aromatic rings. The number of hydrogen-bond acceptors (Lipinski definition) is 2. The van der Waals surface area contributed by atoms with Crippen molar-refractivity contribution < 1.29 is 9.18 Å². The van der Waals surface area contributed by atoms with Crippen molar-refractivity contribution in [3.8, 4) is 0 Å². The van der Waals surface area contributed by atoms with Crippen molar-refractivity contribution in [2.75, 3.05) is 6.54 Å². The SMILES string of the molecule is Cc1cc(F)ccc1C(=O)NCCc1nccn1C. The van der Waals surface area contributed by atoms with Gasteiger partial charge in [-0.05, 0) is 30.7 Å². The minimum Gasteiger partial charge on any atom is -0.352 e. The van der Waals surface area contributed by atoms with Gasteiger partial charge in [0.1, 0.15) is 11.6 Å². The van der Waals surface area contributed by atoms with E-state index in [1.54, 1.807) is 13.1 Å². The molecule has 0 radical (unpaired) electrons. The first-order chi connectivity index (χ1) is 9.08. The summed E-state index contributed by atoms with van der Waals surface area (Å²) in [5.41, 5.74) is 1.13. The summed E-state index contributed by atoms with van der Waals surface area (Å²) in [6, 6.07) is 4.15. The van der Waals surface area contributed by atoms with E-state index in [1.165, 1.54) is 18.2 Å². The van der Waals surface area contributed by atoms with Crippen LogP contribution in [0.25, 0.3) is 0 Å². The fourth-order valence-corrected chi connectivity index (χ4v) is 1.90. The van der Waals surface area contributed by atoms with Gasteiger partial charge in [-0.25, -0.2) is 9.37 Å². The van der Waals surface area contributed by atoms with Crippen molar-refractivity contribution in [2.45, 2.75) is 13.3 Å². The highest BCUT2D eigenvalue weighted by atomic mass is 19.1. The summed E-state index contributed by atoms with van der Waals surface area (Å²) in [4.78, 5) is 16.1. The number of aryl methyl sites for hydroxylation is 2. The summed E-state index contributed by atoms with van der Waals surface area (Å²) in [6.45, 7) is 2.22. The van der Waals surface area contributed by atoms with Gasteiger partial charge in [-0.2, -0.15) is 0 Å². The van der Waals surface area contributed by atoms with Crippen molar-refractivity contribution in [2.24, 2.45) is 7.05 Å². The van der Waals surface area contributed by atoms with E-state index in [0.717, 1.165) is 5.82 Å². The van der Waals surface area contributed by atoms with Gasteiger partial charge in [0, 0.05) is 38.0 Å². The van der Waals surface area contributed by atoms with E-state index in [0.29, 0.717) is 24.1 Å². The van der Waals surface area contributed by atoms with Crippen LogP contribution in [0.2, 0.25) is 0 Å². The van der Waals surface area contributed by atoms with Crippen LogP contribution in [0.3, 0.4) is 0 Å². The van der Waals surface area contributed by atoms with Crippen LogP contribution in [-0.4, -0.2) is 22.0 Å². The van der Waals surface area contributed by atoms with Crippen LogP contribution < -0.4 is 5.32 Å². The number of carbonyl (C=O) groups excluding carboxylic acids is 1. The largest absolute Gasteiger partial charge is 0.352 e. The molecule has 0 spiro atoms. The summed E-state index contributed by atoms with van der Waals surface area (Å²) in [5.74, 6) is 0.393. The van der Waals surface area contributed by atoms with Crippen LogP contribution in [0, 0.1) is 12.7 Å². The topological polar surface area (TPSA) is 46.9 Å². The Balaban J connectivity index is 1.93. The number of carbonyl (C=O) groups is 1. The Morgan fingerprint density at radius 3 is 2.89 bits per heavy atom. The molecule has 100 valence electrons. The van der Waals surface area contributed by atoms with E-state index in [-0.39, 0.29) is 11.7 Å². The van der Waals surface area contributed by atoms with Gasteiger partial charge in [-0.3, -0.25) is 4.79 Å². The van der Waals surface area contributed by atoms with E-state index < -0.39 is 0 Å². The zero-order chi connectivity index (χ0) is 13.8. The second-order valence-electron chi connectivity index (χ2n) is 4.42. The predicted octanol–water partition coefficient (Wildman–Crippen LogP) is 1.84. The van der Waals surface area contributed by atoms with E-state index in [1.807, 2.05) is 17.8 Å². The Morgan fingerprint density at radius 1 is 1.47 bits per heavy atom. The van der Waals surface area contributed by atoms with Gasteiger partial charge < -0.3 is 9.88 Å². The highest BCUT2D eigenvalue weighted by molar-refractivity contribution is 5.95. The Hall–Kier alpha value is -2.17. The number of nitrogens with one attached hydrogen (secondary N) is 1. The molecule has 2 rings (SSSR count). The summed E-state index contributed by atoms with van der Waals surface area (Å²) < 4.78 is 14.9. The summed E-state index contributed by atoms with van der Waals surface area (Å²) in [5, 5.41) is 2.81. The third-order valence-corrected chi connectivity index (χ3v) is 2.99. The molecule has 0 saturated carbocycles. The first-order valence-corrected chi connectivity index (χ1v) is 6.08. The average Bonchev–Trinajstić information content (AvgIpc) is 2.75. The lowest BCUT2D eigenvalue weighted by Gasteiger charge is -2.07. The standard InChI is InChI=1S/C14H16FN3O/c1-10-9-11(15)3-4-12(10)14(19)17-6-5-13-16-7-8-18(13)2/h3-4,7-9H,5-6H2,1-2H3,(H,17,19). The van der Waals surface area contributed by atoms with E-state index in [4.69, 9.17) is 0 Å². The molecule has 19 heavy (non-hydrogen) atoms. The Kier molecular flexibility index (Phi) is 3.94. The van der Waals surface area contributed by atoms with Gasteiger partial charge >= 0.3 is 0 Å². The second-order valence-corrected chi connectivity index (χ2v) is 4.42. The summed E-state index contributed by atoms with van der Waals surface area (Å²) >= 11 is 0. The molecule has 4 nitrogen and oxygen atoms in total. The molecule has 1 aromatic carbocycles. The smallest absolute Gasteiger partial charge is 0.251 e. The van der Waals surface area contributed by atoms with Crippen LogP contribution in [0.5, 0.6) is 0 Å². The number of imidazole rings is 1. The zero-order valence-electron chi connectivity index (χ0n) is 11.0. The molecule has 1 aromatic heterocycles. The fraction of sp³-hybridized carbons (Fsp3) is 0.286. The maximum Gasteiger partial charge on any atom is 0.251 e. The second kappa shape index (κ2) is 5.65. The minimum atomic E-state index is -0.331. The highest BCUT2D eigenvalue weighted by Crippen LogP contribution is 2.09. The van der Waals surface area contributed by atoms with Crippen LogP contribution in [-0.2, 0) is 13.5 Å². The Bertz CT molecular complexity index is 592. The van der Waals surface area contributed by atoms with Crippen molar-refractivity contribution in [1.29, 1.82) is 0 Å². The lowest BCUT2D eigenvalue weighted by atomic mass is 10.1. The number of benzene rings is 1. The van der Waals surface area contributed by atoms with Crippen LogP contribution in [0.4, 0.5) is 4.39 Å². The lowest BCUT2D eigenvalue weighted by Crippen LogP contribution is -2.27. The fourth-order valence-electron chi connectivity index (χ4n) is 1.90. The van der Waals surface area contributed by atoms with Gasteiger partial charge in [0.2, 0.25) is 0 Å². The average molecular weight is 261 g/mol. The van der Waals surface area contributed by atoms with Gasteiger partial charge in [-0.1, -0.05) is 0 Å². The molecule has 0 unspecified atom stereocenters. The third kappa shape index (κ3) is 3.19. The minimum absolute atomic E-state index is 0.188. The molecule has 1 heterocycles. The molecule has 0 aliphatic rings. The maximum absolute atomic E-state index is 13.0. The zero-order valence-corrected chi connectivity index (χ0v) is 11.0. The number of amides is 1. The predicted molar refractivity (Wildman–Crippen MR) is 70.4 cm³/mol. The van der Waals surface area contributed by atoms with E-state index >= 15 is 0 Å². The first-order valence-electron chi connectivity index (χ1n) is 6.08. The van der Waals surface area contributed by atoms with Crippen molar-refractivity contribution in [1.82, 2.24) is 14.9 Å². The Labute approximate surface area is 111 Å². The number of nitrogens with zero attached hydrogens (tertiary/aromatic N) is 2. The monoisotopic (exact) mass is 261 g/mol. The van der Waals surface area contributed by atoms with Crippen molar-refractivity contribution >= 4 is 5.91 Å². The van der Waals surface area contributed by atoms with E-state index in [2.05, 4.69) is 10.3 Å². The summed E-state index contributed by atoms with van der Waals surface area (Å²) in [7, 11) is 1.91. The molecule has 1 amide bonds. The van der Waals surface area contributed by atoms with Crippen molar-refractivity contribution in [3.05, 3.63) is 53.4 Å². The van der Waals surface area contributed by atoms with Gasteiger partial charge in [0.15, 0.2) is 0 Å². The molecule has 0 aliphatic carbocycles.